The minimum Gasteiger partial charge on any atom is -0.499 e. The van der Waals surface area contributed by atoms with Gasteiger partial charge in [-0.3, -0.25) is 0 Å². The van der Waals surface area contributed by atoms with Crippen molar-refractivity contribution in [3.05, 3.63) is 12.3 Å². The SMILES string of the molecule is C=C(CCCCCCC)OCC. The highest BCUT2D eigenvalue weighted by Gasteiger charge is 1.93. The highest BCUT2D eigenvalue weighted by atomic mass is 16.5. The molecule has 0 heterocycles. The second-order valence-electron chi connectivity index (χ2n) is 3.14. The number of unbranched alkanes of at least 4 members (excludes halogenated alkanes) is 4. The van der Waals surface area contributed by atoms with Crippen molar-refractivity contribution in [2.75, 3.05) is 6.61 Å². The molecular formula is C11H22O. The van der Waals surface area contributed by atoms with Crippen LogP contribution in [0.2, 0.25) is 0 Å². The average molecular weight is 170 g/mol. The second kappa shape index (κ2) is 8.63. The Kier molecular flexibility index (Phi) is 8.30. The molecule has 0 aromatic heterocycles. The molecule has 0 spiro atoms. The van der Waals surface area contributed by atoms with E-state index in [9.17, 15) is 0 Å². The second-order valence-corrected chi connectivity index (χ2v) is 3.14. The fourth-order valence-corrected chi connectivity index (χ4v) is 1.20. The standard InChI is InChI=1S/C11H22O/c1-4-6-7-8-9-10-11(3)12-5-2/h3-10H2,1-2H3. The van der Waals surface area contributed by atoms with Gasteiger partial charge in [0, 0.05) is 6.42 Å². The molecule has 0 saturated heterocycles. The van der Waals surface area contributed by atoms with Crippen molar-refractivity contribution in [1.82, 2.24) is 0 Å². The van der Waals surface area contributed by atoms with Gasteiger partial charge >= 0.3 is 0 Å². The van der Waals surface area contributed by atoms with E-state index in [1.807, 2.05) is 6.92 Å². The minimum absolute atomic E-state index is 0.758. The maximum atomic E-state index is 5.25. The van der Waals surface area contributed by atoms with E-state index in [2.05, 4.69) is 13.5 Å². The zero-order valence-electron chi connectivity index (χ0n) is 8.57. The van der Waals surface area contributed by atoms with Gasteiger partial charge in [-0.25, -0.2) is 0 Å². The highest BCUT2D eigenvalue weighted by molar-refractivity contribution is 4.81. The lowest BCUT2D eigenvalue weighted by Gasteiger charge is -2.05. The molecule has 0 amide bonds. The predicted molar refractivity (Wildman–Crippen MR) is 54.1 cm³/mol. The van der Waals surface area contributed by atoms with Crippen LogP contribution in [0.5, 0.6) is 0 Å². The molecule has 0 bridgehead atoms. The van der Waals surface area contributed by atoms with Gasteiger partial charge in [0.1, 0.15) is 0 Å². The van der Waals surface area contributed by atoms with Crippen LogP contribution in [0.15, 0.2) is 12.3 Å². The van der Waals surface area contributed by atoms with Crippen LogP contribution in [0.3, 0.4) is 0 Å². The number of hydrogen-bond donors (Lipinski definition) is 0. The molecule has 0 aliphatic rings. The van der Waals surface area contributed by atoms with Crippen molar-refractivity contribution in [2.45, 2.75) is 52.4 Å². The molecule has 0 aliphatic carbocycles. The first-order chi connectivity index (χ1) is 5.81. The lowest BCUT2D eigenvalue weighted by molar-refractivity contribution is 0.218. The molecule has 0 aromatic rings. The van der Waals surface area contributed by atoms with Crippen molar-refractivity contribution in [3.63, 3.8) is 0 Å². The van der Waals surface area contributed by atoms with Gasteiger partial charge < -0.3 is 4.74 Å². The van der Waals surface area contributed by atoms with Crippen molar-refractivity contribution in [1.29, 1.82) is 0 Å². The summed E-state index contributed by atoms with van der Waals surface area (Å²) in [4.78, 5) is 0. The van der Waals surface area contributed by atoms with Gasteiger partial charge in [0.15, 0.2) is 0 Å². The normalized spacial score (nSPS) is 9.83. The molecule has 0 fully saturated rings. The summed E-state index contributed by atoms with van der Waals surface area (Å²) < 4.78 is 5.25. The van der Waals surface area contributed by atoms with E-state index in [0.717, 1.165) is 18.8 Å². The topological polar surface area (TPSA) is 9.23 Å². The molecule has 0 unspecified atom stereocenters. The summed E-state index contributed by atoms with van der Waals surface area (Å²) in [5.41, 5.74) is 0. The van der Waals surface area contributed by atoms with Crippen LogP contribution >= 0.6 is 0 Å². The summed E-state index contributed by atoms with van der Waals surface area (Å²) in [5.74, 6) is 0.953. The molecule has 1 nitrogen and oxygen atoms in total. The summed E-state index contributed by atoms with van der Waals surface area (Å²) >= 11 is 0. The van der Waals surface area contributed by atoms with Gasteiger partial charge in [-0.2, -0.15) is 0 Å². The third-order valence-electron chi connectivity index (χ3n) is 1.91. The molecule has 0 N–H and O–H groups in total. The quantitative estimate of drug-likeness (QED) is 0.396. The van der Waals surface area contributed by atoms with Crippen LogP contribution in [0.25, 0.3) is 0 Å². The first-order valence-corrected chi connectivity index (χ1v) is 5.11. The molecular weight excluding hydrogens is 148 g/mol. The van der Waals surface area contributed by atoms with Crippen LogP contribution in [-0.2, 0) is 4.74 Å². The summed E-state index contributed by atoms with van der Waals surface area (Å²) in [5, 5.41) is 0. The van der Waals surface area contributed by atoms with E-state index in [0.29, 0.717) is 0 Å². The molecule has 1 heteroatoms. The van der Waals surface area contributed by atoms with Crippen LogP contribution in [-0.4, -0.2) is 6.61 Å². The van der Waals surface area contributed by atoms with E-state index in [1.54, 1.807) is 0 Å². The lowest BCUT2D eigenvalue weighted by atomic mass is 10.1. The smallest absolute Gasteiger partial charge is 0.0888 e. The molecule has 72 valence electrons. The fourth-order valence-electron chi connectivity index (χ4n) is 1.20. The van der Waals surface area contributed by atoms with Gasteiger partial charge in [-0.05, 0) is 13.3 Å². The summed E-state index contributed by atoms with van der Waals surface area (Å²) in [6.07, 6.45) is 7.62. The minimum atomic E-state index is 0.758. The Balaban J connectivity index is 3.03. The molecule has 0 saturated carbocycles. The van der Waals surface area contributed by atoms with Crippen LogP contribution in [0.1, 0.15) is 52.4 Å². The van der Waals surface area contributed by atoms with E-state index in [-0.39, 0.29) is 0 Å². The Morgan fingerprint density at radius 2 is 1.75 bits per heavy atom. The predicted octanol–water partition coefficient (Wildman–Crippen LogP) is 3.90. The molecule has 0 aliphatic heterocycles. The van der Waals surface area contributed by atoms with Crippen LogP contribution in [0.4, 0.5) is 0 Å². The Labute approximate surface area is 76.8 Å². The van der Waals surface area contributed by atoms with Gasteiger partial charge in [0.2, 0.25) is 0 Å². The summed E-state index contributed by atoms with van der Waals surface area (Å²) in [6.45, 7) is 8.84. The third kappa shape index (κ3) is 7.64. The monoisotopic (exact) mass is 170 g/mol. The maximum absolute atomic E-state index is 5.25. The molecule has 0 rings (SSSR count). The third-order valence-corrected chi connectivity index (χ3v) is 1.91. The molecule has 12 heavy (non-hydrogen) atoms. The van der Waals surface area contributed by atoms with E-state index < -0.39 is 0 Å². The Bertz CT molecular complexity index is 108. The number of hydrogen-bond acceptors (Lipinski definition) is 1. The molecule has 0 atom stereocenters. The van der Waals surface area contributed by atoms with Crippen molar-refractivity contribution >= 4 is 0 Å². The largest absolute Gasteiger partial charge is 0.499 e. The first-order valence-electron chi connectivity index (χ1n) is 5.11. The van der Waals surface area contributed by atoms with Gasteiger partial charge in [0.25, 0.3) is 0 Å². The summed E-state index contributed by atoms with van der Waals surface area (Å²) in [7, 11) is 0. The van der Waals surface area contributed by atoms with Gasteiger partial charge in [-0.1, -0.05) is 39.2 Å². The van der Waals surface area contributed by atoms with E-state index in [4.69, 9.17) is 4.74 Å². The number of ether oxygens (including phenoxy) is 1. The lowest BCUT2D eigenvalue weighted by Crippen LogP contribution is -1.89. The van der Waals surface area contributed by atoms with E-state index in [1.165, 1.54) is 32.1 Å². The average Bonchev–Trinajstić information content (AvgIpc) is 2.05. The van der Waals surface area contributed by atoms with Crippen LogP contribution in [0, 0.1) is 0 Å². The van der Waals surface area contributed by atoms with Crippen molar-refractivity contribution in [2.24, 2.45) is 0 Å². The fraction of sp³-hybridized carbons (Fsp3) is 0.818. The Morgan fingerprint density at radius 3 is 2.33 bits per heavy atom. The number of rotatable bonds is 8. The maximum Gasteiger partial charge on any atom is 0.0888 e. The highest BCUT2D eigenvalue weighted by Crippen LogP contribution is 2.10. The van der Waals surface area contributed by atoms with E-state index >= 15 is 0 Å². The van der Waals surface area contributed by atoms with Gasteiger partial charge in [-0.15, -0.1) is 0 Å². The molecule has 0 aromatic carbocycles. The molecule has 0 radical (unpaired) electrons. The Hall–Kier alpha value is -0.460. The van der Waals surface area contributed by atoms with Gasteiger partial charge in [0.05, 0.1) is 12.4 Å². The van der Waals surface area contributed by atoms with Crippen LogP contribution < -0.4 is 0 Å². The summed E-state index contributed by atoms with van der Waals surface area (Å²) in [6, 6.07) is 0. The number of allylic oxidation sites excluding steroid dienone is 1. The van der Waals surface area contributed by atoms with Crippen molar-refractivity contribution < 1.29 is 4.74 Å². The zero-order chi connectivity index (χ0) is 9.23. The Morgan fingerprint density at radius 1 is 1.08 bits per heavy atom. The first kappa shape index (κ1) is 11.5. The van der Waals surface area contributed by atoms with Crippen molar-refractivity contribution in [3.8, 4) is 0 Å². The zero-order valence-corrected chi connectivity index (χ0v) is 8.57.